The molecule has 1 amide bonds. The van der Waals surface area contributed by atoms with E-state index in [0.29, 0.717) is 5.92 Å². The fraction of sp³-hybridized carbons (Fsp3) is 0.462. The fourth-order valence-electron chi connectivity index (χ4n) is 2.25. The fourth-order valence-corrected chi connectivity index (χ4v) is 3.52. The van der Waals surface area contributed by atoms with Gasteiger partial charge in [-0.3, -0.25) is 10.1 Å². The first-order chi connectivity index (χ1) is 8.14. The standard InChI is InChI=1S/C13H18N2OS/c1-10(11-5-3-2-4-6-11)9-13(12(14)16)15-7-8-17-13/h2-6,10,15H,7-9H2,1H3,(H2,14,16). The number of amides is 1. The highest BCUT2D eigenvalue weighted by Crippen LogP contribution is 2.36. The lowest BCUT2D eigenvalue weighted by Gasteiger charge is -2.28. The van der Waals surface area contributed by atoms with Gasteiger partial charge in [0.05, 0.1) is 0 Å². The first-order valence-corrected chi connectivity index (χ1v) is 6.86. The third-order valence-electron chi connectivity index (χ3n) is 3.22. The monoisotopic (exact) mass is 250 g/mol. The molecule has 2 unspecified atom stereocenters. The van der Waals surface area contributed by atoms with E-state index >= 15 is 0 Å². The minimum absolute atomic E-state index is 0.247. The first-order valence-electron chi connectivity index (χ1n) is 5.88. The average Bonchev–Trinajstić information content (AvgIpc) is 2.80. The van der Waals surface area contributed by atoms with Crippen LogP contribution in [0.25, 0.3) is 0 Å². The third-order valence-corrected chi connectivity index (χ3v) is 4.63. The number of benzene rings is 1. The van der Waals surface area contributed by atoms with Gasteiger partial charge in [0.1, 0.15) is 4.87 Å². The lowest BCUT2D eigenvalue weighted by Crippen LogP contribution is -2.50. The molecule has 4 heteroatoms. The lowest BCUT2D eigenvalue weighted by molar-refractivity contribution is -0.121. The van der Waals surface area contributed by atoms with Gasteiger partial charge in [0, 0.05) is 12.3 Å². The van der Waals surface area contributed by atoms with Crippen molar-refractivity contribution in [3.8, 4) is 0 Å². The smallest absolute Gasteiger partial charge is 0.248 e. The molecule has 0 saturated carbocycles. The molecule has 0 bridgehead atoms. The zero-order valence-corrected chi connectivity index (χ0v) is 10.8. The summed E-state index contributed by atoms with van der Waals surface area (Å²) in [5, 5.41) is 3.26. The van der Waals surface area contributed by atoms with E-state index in [2.05, 4.69) is 24.4 Å². The molecule has 3 nitrogen and oxygen atoms in total. The number of thioether (sulfide) groups is 1. The maximum Gasteiger partial charge on any atom is 0.248 e. The van der Waals surface area contributed by atoms with Gasteiger partial charge in [0.15, 0.2) is 0 Å². The van der Waals surface area contributed by atoms with Crippen molar-refractivity contribution in [2.75, 3.05) is 12.3 Å². The first kappa shape index (κ1) is 12.5. The molecule has 1 aromatic rings. The van der Waals surface area contributed by atoms with Crippen molar-refractivity contribution in [3.05, 3.63) is 35.9 Å². The number of nitrogens with two attached hydrogens (primary N) is 1. The van der Waals surface area contributed by atoms with Gasteiger partial charge in [-0.25, -0.2) is 0 Å². The van der Waals surface area contributed by atoms with Crippen LogP contribution < -0.4 is 11.1 Å². The zero-order chi connectivity index (χ0) is 12.3. The molecule has 1 aliphatic heterocycles. The second kappa shape index (κ2) is 5.10. The van der Waals surface area contributed by atoms with Gasteiger partial charge < -0.3 is 5.73 Å². The maximum atomic E-state index is 11.6. The van der Waals surface area contributed by atoms with Crippen LogP contribution in [0.1, 0.15) is 24.8 Å². The van der Waals surface area contributed by atoms with E-state index in [0.717, 1.165) is 18.7 Å². The predicted octanol–water partition coefficient (Wildman–Crippen LogP) is 1.70. The Balaban J connectivity index is 2.11. The van der Waals surface area contributed by atoms with Gasteiger partial charge in [-0.05, 0) is 17.9 Å². The van der Waals surface area contributed by atoms with Gasteiger partial charge in [-0.1, -0.05) is 37.3 Å². The van der Waals surface area contributed by atoms with Crippen LogP contribution in [0.4, 0.5) is 0 Å². The summed E-state index contributed by atoms with van der Waals surface area (Å²) >= 11 is 1.64. The molecule has 0 spiro atoms. The van der Waals surface area contributed by atoms with Crippen molar-refractivity contribution in [1.29, 1.82) is 0 Å². The van der Waals surface area contributed by atoms with Crippen LogP contribution in [0.3, 0.4) is 0 Å². The van der Waals surface area contributed by atoms with Crippen molar-refractivity contribution < 1.29 is 4.79 Å². The Bertz CT molecular complexity index is 388. The summed E-state index contributed by atoms with van der Waals surface area (Å²) in [6.45, 7) is 3.00. The van der Waals surface area contributed by atoms with Crippen LogP contribution in [-0.2, 0) is 4.79 Å². The molecule has 0 aromatic heterocycles. The molecule has 1 saturated heterocycles. The molecule has 1 aromatic carbocycles. The van der Waals surface area contributed by atoms with Gasteiger partial charge in [-0.2, -0.15) is 0 Å². The van der Waals surface area contributed by atoms with Crippen LogP contribution in [0.2, 0.25) is 0 Å². The predicted molar refractivity (Wildman–Crippen MR) is 71.9 cm³/mol. The number of carbonyl (C=O) groups is 1. The maximum absolute atomic E-state index is 11.6. The van der Waals surface area contributed by atoms with Crippen LogP contribution in [0, 0.1) is 0 Å². The quantitative estimate of drug-likeness (QED) is 0.855. The molecule has 3 N–H and O–H groups in total. The van der Waals surface area contributed by atoms with Crippen molar-refractivity contribution in [1.82, 2.24) is 5.32 Å². The molecule has 1 heterocycles. The summed E-state index contributed by atoms with van der Waals surface area (Å²) < 4.78 is 0. The van der Waals surface area contributed by atoms with E-state index in [1.54, 1.807) is 11.8 Å². The molecule has 17 heavy (non-hydrogen) atoms. The number of hydrogen-bond acceptors (Lipinski definition) is 3. The summed E-state index contributed by atoms with van der Waals surface area (Å²) in [5.74, 6) is 1.02. The van der Waals surface area contributed by atoms with E-state index in [1.165, 1.54) is 5.56 Å². The van der Waals surface area contributed by atoms with Gasteiger partial charge in [0.2, 0.25) is 5.91 Å². The molecule has 1 aliphatic rings. The molecule has 0 radical (unpaired) electrons. The van der Waals surface area contributed by atoms with Crippen LogP contribution in [0.5, 0.6) is 0 Å². The Morgan fingerprint density at radius 3 is 2.76 bits per heavy atom. The highest BCUT2D eigenvalue weighted by Gasteiger charge is 2.41. The van der Waals surface area contributed by atoms with Crippen molar-refractivity contribution in [2.24, 2.45) is 5.73 Å². The molecular weight excluding hydrogens is 232 g/mol. The highest BCUT2D eigenvalue weighted by atomic mass is 32.2. The SMILES string of the molecule is CC(CC1(C(N)=O)NCCS1)c1ccccc1. The Morgan fingerprint density at radius 1 is 1.53 bits per heavy atom. The van der Waals surface area contributed by atoms with Gasteiger partial charge in [0.25, 0.3) is 0 Å². The molecule has 92 valence electrons. The van der Waals surface area contributed by atoms with Crippen LogP contribution >= 0.6 is 11.8 Å². The Morgan fingerprint density at radius 2 is 2.24 bits per heavy atom. The van der Waals surface area contributed by atoms with Gasteiger partial charge in [-0.15, -0.1) is 11.8 Å². The summed E-state index contributed by atoms with van der Waals surface area (Å²) in [4.78, 5) is 11.1. The minimum Gasteiger partial charge on any atom is -0.367 e. The minimum atomic E-state index is -0.574. The van der Waals surface area contributed by atoms with Crippen LogP contribution in [-0.4, -0.2) is 23.1 Å². The Kier molecular flexibility index (Phi) is 3.74. The second-order valence-electron chi connectivity index (χ2n) is 4.48. The van der Waals surface area contributed by atoms with E-state index in [9.17, 15) is 4.79 Å². The van der Waals surface area contributed by atoms with E-state index in [4.69, 9.17) is 5.73 Å². The summed E-state index contributed by atoms with van der Waals surface area (Å²) in [5.41, 5.74) is 6.79. The Labute approximate surface area is 106 Å². The summed E-state index contributed by atoms with van der Waals surface area (Å²) in [6.07, 6.45) is 0.747. The topological polar surface area (TPSA) is 55.1 Å². The van der Waals surface area contributed by atoms with E-state index in [-0.39, 0.29) is 5.91 Å². The largest absolute Gasteiger partial charge is 0.367 e. The van der Waals surface area contributed by atoms with Crippen molar-refractivity contribution in [2.45, 2.75) is 24.1 Å². The number of nitrogens with one attached hydrogen (secondary N) is 1. The molecule has 0 aliphatic carbocycles. The molecule has 2 atom stereocenters. The van der Waals surface area contributed by atoms with Gasteiger partial charge >= 0.3 is 0 Å². The Hall–Kier alpha value is -1.00. The normalized spacial score (nSPS) is 25.7. The van der Waals surface area contributed by atoms with E-state index in [1.807, 2.05) is 18.2 Å². The highest BCUT2D eigenvalue weighted by molar-refractivity contribution is 8.01. The number of hydrogen-bond donors (Lipinski definition) is 2. The molecule has 1 fully saturated rings. The van der Waals surface area contributed by atoms with E-state index < -0.39 is 4.87 Å². The van der Waals surface area contributed by atoms with Crippen molar-refractivity contribution >= 4 is 17.7 Å². The number of carbonyl (C=O) groups excluding carboxylic acids is 1. The number of primary amides is 1. The molecular formula is C13H18N2OS. The molecule has 2 rings (SSSR count). The zero-order valence-electron chi connectivity index (χ0n) is 9.98. The third kappa shape index (κ3) is 2.64. The van der Waals surface area contributed by atoms with Crippen LogP contribution in [0.15, 0.2) is 30.3 Å². The summed E-state index contributed by atoms with van der Waals surface area (Å²) in [6, 6.07) is 10.2. The lowest BCUT2D eigenvalue weighted by atomic mass is 9.93. The average molecular weight is 250 g/mol. The summed E-state index contributed by atoms with van der Waals surface area (Å²) in [7, 11) is 0. The second-order valence-corrected chi connectivity index (χ2v) is 5.88. The number of rotatable bonds is 4. The van der Waals surface area contributed by atoms with Crippen molar-refractivity contribution in [3.63, 3.8) is 0 Å².